The third-order valence-corrected chi connectivity index (χ3v) is 3.45. The van der Waals surface area contributed by atoms with Crippen molar-refractivity contribution in [2.75, 3.05) is 26.2 Å². The molecule has 1 amide bonds. The van der Waals surface area contributed by atoms with Crippen molar-refractivity contribution in [1.82, 2.24) is 10.2 Å². The fourth-order valence-corrected chi connectivity index (χ4v) is 2.01. The molecule has 1 N–H and O–H groups in total. The quantitative estimate of drug-likeness (QED) is 0.838. The summed E-state index contributed by atoms with van der Waals surface area (Å²) in [6.07, 6.45) is 0.450. The smallest absolute Gasteiger partial charge is 0.224 e. The van der Waals surface area contributed by atoms with Crippen LogP contribution in [0.5, 0.6) is 0 Å². The highest BCUT2D eigenvalue weighted by atomic mass is 79.9. The molecule has 0 aliphatic heterocycles. The molecule has 3 nitrogen and oxygen atoms in total. The fraction of sp³-hybridized carbons (Fsp3) is 0.500. The van der Waals surface area contributed by atoms with E-state index in [4.69, 9.17) is 0 Å². The van der Waals surface area contributed by atoms with E-state index in [9.17, 15) is 4.79 Å². The van der Waals surface area contributed by atoms with Gasteiger partial charge >= 0.3 is 0 Å². The summed E-state index contributed by atoms with van der Waals surface area (Å²) < 4.78 is 1.04. The lowest BCUT2D eigenvalue weighted by Crippen LogP contribution is -2.35. The van der Waals surface area contributed by atoms with Crippen LogP contribution in [0.1, 0.15) is 19.4 Å². The molecular formula is C14H21BrN2O. The molecule has 0 aromatic heterocycles. The zero-order valence-electron chi connectivity index (χ0n) is 11.1. The summed E-state index contributed by atoms with van der Waals surface area (Å²) in [7, 11) is 0. The van der Waals surface area contributed by atoms with E-state index in [2.05, 4.69) is 40.0 Å². The van der Waals surface area contributed by atoms with Gasteiger partial charge in [-0.3, -0.25) is 4.79 Å². The Morgan fingerprint density at radius 2 is 1.83 bits per heavy atom. The molecule has 0 spiro atoms. The molecule has 0 unspecified atom stereocenters. The molecule has 0 radical (unpaired) electrons. The van der Waals surface area contributed by atoms with Gasteiger partial charge in [0, 0.05) is 17.6 Å². The predicted molar refractivity (Wildman–Crippen MR) is 78.6 cm³/mol. The van der Waals surface area contributed by atoms with Crippen molar-refractivity contribution >= 4 is 21.8 Å². The molecule has 0 bridgehead atoms. The number of rotatable bonds is 7. The average Bonchev–Trinajstić information content (AvgIpc) is 2.37. The molecule has 1 aromatic rings. The number of benzene rings is 1. The molecule has 0 saturated carbocycles. The zero-order valence-corrected chi connectivity index (χ0v) is 12.7. The van der Waals surface area contributed by atoms with Crippen molar-refractivity contribution in [1.29, 1.82) is 0 Å². The van der Waals surface area contributed by atoms with Crippen LogP contribution >= 0.6 is 15.9 Å². The highest BCUT2D eigenvalue weighted by molar-refractivity contribution is 9.10. The van der Waals surface area contributed by atoms with Gasteiger partial charge in [-0.25, -0.2) is 0 Å². The number of amides is 1. The number of hydrogen-bond acceptors (Lipinski definition) is 2. The van der Waals surface area contributed by atoms with Gasteiger partial charge in [-0.05, 0) is 30.8 Å². The van der Waals surface area contributed by atoms with Crippen molar-refractivity contribution < 1.29 is 4.79 Å². The van der Waals surface area contributed by atoms with E-state index in [1.807, 2.05) is 24.3 Å². The lowest BCUT2D eigenvalue weighted by atomic mass is 10.1. The first-order valence-corrected chi connectivity index (χ1v) is 7.18. The summed E-state index contributed by atoms with van der Waals surface area (Å²) in [6, 6.07) is 7.85. The number of hydrogen-bond donors (Lipinski definition) is 1. The van der Waals surface area contributed by atoms with E-state index >= 15 is 0 Å². The minimum absolute atomic E-state index is 0.0875. The monoisotopic (exact) mass is 312 g/mol. The summed E-state index contributed by atoms with van der Waals surface area (Å²) in [5.74, 6) is 0.0875. The summed E-state index contributed by atoms with van der Waals surface area (Å²) >= 11 is 3.38. The first-order chi connectivity index (χ1) is 8.65. The van der Waals surface area contributed by atoms with Crippen LogP contribution in [-0.2, 0) is 11.2 Å². The van der Waals surface area contributed by atoms with Crippen molar-refractivity contribution in [2.24, 2.45) is 0 Å². The summed E-state index contributed by atoms with van der Waals surface area (Å²) in [5, 5.41) is 2.95. The highest BCUT2D eigenvalue weighted by Crippen LogP contribution is 2.10. The molecule has 100 valence electrons. The van der Waals surface area contributed by atoms with Gasteiger partial charge in [0.1, 0.15) is 0 Å². The number of likely N-dealkylation sites (N-methyl/N-ethyl adjacent to an activating group) is 1. The number of carbonyl (C=O) groups excluding carboxylic acids is 1. The molecule has 0 saturated heterocycles. The fourth-order valence-electron chi connectivity index (χ4n) is 1.74. The van der Waals surface area contributed by atoms with Crippen LogP contribution in [0.2, 0.25) is 0 Å². The lowest BCUT2D eigenvalue weighted by Gasteiger charge is -2.17. The van der Waals surface area contributed by atoms with Gasteiger partial charge in [-0.15, -0.1) is 0 Å². The van der Waals surface area contributed by atoms with Crippen molar-refractivity contribution in [3.63, 3.8) is 0 Å². The molecule has 0 aliphatic rings. The van der Waals surface area contributed by atoms with Gasteiger partial charge in [0.15, 0.2) is 0 Å². The van der Waals surface area contributed by atoms with Crippen molar-refractivity contribution in [3.05, 3.63) is 34.3 Å². The Labute approximate surface area is 118 Å². The van der Waals surface area contributed by atoms with Crippen molar-refractivity contribution in [3.8, 4) is 0 Å². The van der Waals surface area contributed by atoms with Crippen LogP contribution < -0.4 is 5.32 Å². The standard InChI is InChI=1S/C14H21BrN2O/c1-3-17(4-2)10-9-16-14(18)11-12-5-7-13(15)8-6-12/h5-8H,3-4,9-11H2,1-2H3,(H,16,18). The van der Waals surface area contributed by atoms with Gasteiger partial charge in [-0.1, -0.05) is 41.9 Å². The van der Waals surface area contributed by atoms with Gasteiger partial charge in [0.05, 0.1) is 6.42 Å². The Bertz CT molecular complexity index is 361. The van der Waals surface area contributed by atoms with E-state index in [0.29, 0.717) is 6.42 Å². The number of carbonyl (C=O) groups is 1. The maximum absolute atomic E-state index is 11.7. The maximum atomic E-state index is 11.7. The topological polar surface area (TPSA) is 32.3 Å². The molecule has 18 heavy (non-hydrogen) atoms. The first kappa shape index (κ1) is 15.2. The maximum Gasteiger partial charge on any atom is 0.224 e. The Balaban J connectivity index is 2.27. The summed E-state index contributed by atoms with van der Waals surface area (Å²) in [4.78, 5) is 14.0. The number of nitrogens with one attached hydrogen (secondary N) is 1. The van der Waals surface area contributed by atoms with Crippen LogP contribution in [0.15, 0.2) is 28.7 Å². The molecule has 1 rings (SSSR count). The molecule has 0 aliphatic carbocycles. The van der Waals surface area contributed by atoms with E-state index in [0.717, 1.165) is 36.2 Å². The normalized spacial score (nSPS) is 10.7. The van der Waals surface area contributed by atoms with Crippen LogP contribution in [0.4, 0.5) is 0 Å². The number of halogens is 1. The van der Waals surface area contributed by atoms with Crippen LogP contribution in [0.25, 0.3) is 0 Å². The second-order valence-electron chi connectivity index (χ2n) is 4.18. The molecule has 0 atom stereocenters. The van der Waals surface area contributed by atoms with Gasteiger partial charge < -0.3 is 10.2 Å². The highest BCUT2D eigenvalue weighted by Gasteiger charge is 2.04. The summed E-state index contributed by atoms with van der Waals surface area (Å²) in [6.45, 7) is 7.95. The Morgan fingerprint density at radius 1 is 1.22 bits per heavy atom. The largest absolute Gasteiger partial charge is 0.355 e. The molecule has 4 heteroatoms. The van der Waals surface area contributed by atoms with Crippen LogP contribution in [0, 0.1) is 0 Å². The SMILES string of the molecule is CCN(CC)CCNC(=O)Cc1ccc(Br)cc1. The summed E-state index contributed by atoms with van der Waals surface area (Å²) in [5.41, 5.74) is 1.04. The van der Waals surface area contributed by atoms with Gasteiger partial charge in [0.25, 0.3) is 0 Å². The molecular weight excluding hydrogens is 292 g/mol. The number of nitrogens with zero attached hydrogens (tertiary/aromatic N) is 1. The second kappa shape index (κ2) is 8.27. The first-order valence-electron chi connectivity index (χ1n) is 6.39. The zero-order chi connectivity index (χ0) is 13.4. The lowest BCUT2D eigenvalue weighted by molar-refractivity contribution is -0.120. The third kappa shape index (κ3) is 5.65. The van der Waals surface area contributed by atoms with E-state index < -0.39 is 0 Å². The average molecular weight is 313 g/mol. The Hall–Kier alpha value is -0.870. The Morgan fingerprint density at radius 3 is 2.39 bits per heavy atom. The van der Waals surface area contributed by atoms with Gasteiger partial charge in [0.2, 0.25) is 5.91 Å². The molecule has 1 aromatic carbocycles. The third-order valence-electron chi connectivity index (χ3n) is 2.92. The van der Waals surface area contributed by atoms with Crippen molar-refractivity contribution in [2.45, 2.75) is 20.3 Å². The van der Waals surface area contributed by atoms with E-state index in [1.165, 1.54) is 0 Å². The predicted octanol–water partition coefficient (Wildman–Crippen LogP) is 2.45. The van der Waals surface area contributed by atoms with E-state index in [-0.39, 0.29) is 5.91 Å². The van der Waals surface area contributed by atoms with Crippen LogP contribution in [-0.4, -0.2) is 37.0 Å². The minimum atomic E-state index is 0.0875. The minimum Gasteiger partial charge on any atom is -0.355 e. The van der Waals surface area contributed by atoms with E-state index in [1.54, 1.807) is 0 Å². The molecule has 0 fully saturated rings. The Kier molecular flexibility index (Phi) is 6.98. The molecule has 0 heterocycles. The second-order valence-corrected chi connectivity index (χ2v) is 5.10. The van der Waals surface area contributed by atoms with Gasteiger partial charge in [-0.2, -0.15) is 0 Å². The van der Waals surface area contributed by atoms with Crippen LogP contribution in [0.3, 0.4) is 0 Å².